The lowest BCUT2D eigenvalue weighted by atomic mass is 10.2. The van der Waals surface area contributed by atoms with Crippen molar-refractivity contribution in [3.63, 3.8) is 0 Å². The number of nitrogens with zero attached hydrogens (tertiary/aromatic N) is 2. The number of rotatable bonds is 2. The molecule has 0 spiro atoms. The van der Waals surface area contributed by atoms with E-state index in [9.17, 15) is 4.79 Å². The average molecular weight is 270 g/mol. The highest BCUT2D eigenvalue weighted by Crippen LogP contribution is 2.22. The quantitative estimate of drug-likeness (QED) is 0.851. The molecule has 4 nitrogen and oxygen atoms in total. The fourth-order valence-electron chi connectivity index (χ4n) is 1.45. The highest BCUT2D eigenvalue weighted by atomic mass is 35.5. The molecule has 0 atom stereocenters. The van der Waals surface area contributed by atoms with E-state index in [1.807, 2.05) is 0 Å². The number of hydrogen-bond acceptors (Lipinski definition) is 3. The predicted molar refractivity (Wildman–Crippen MR) is 68.5 cm³/mol. The van der Waals surface area contributed by atoms with Crippen LogP contribution in [0.5, 0.6) is 0 Å². The maximum Gasteiger partial charge on any atom is 0.347 e. The third-order valence-electron chi connectivity index (χ3n) is 2.31. The molecule has 0 fully saturated rings. The first-order valence-corrected chi connectivity index (χ1v) is 5.58. The van der Waals surface area contributed by atoms with E-state index < -0.39 is 5.69 Å². The van der Waals surface area contributed by atoms with Crippen molar-refractivity contribution in [1.82, 2.24) is 9.55 Å². The second-order valence-electron chi connectivity index (χ2n) is 3.49. The van der Waals surface area contributed by atoms with Crippen LogP contribution in [0.15, 0.2) is 35.4 Å². The van der Waals surface area contributed by atoms with Crippen LogP contribution in [0.2, 0.25) is 10.0 Å². The molecular weight excluding hydrogens is 261 g/mol. The van der Waals surface area contributed by atoms with Crippen molar-refractivity contribution in [3.8, 4) is 0 Å². The minimum absolute atomic E-state index is 0.248. The lowest BCUT2D eigenvalue weighted by Gasteiger charge is -2.09. The average Bonchev–Trinajstić information content (AvgIpc) is 2.28. The zero-order valence-corrected chi connectivity index (χ0v) is 10.2. The Kier molecular flexibility index (Phi) is 3.36. The van der Waals surface area contributed by atoms with Gasteiger partial charge in [0.05, 0.1) is 17.8 Å². The monoisotopic (exact) mass is 269 g/mol. The molecule has 2 aromatic rings. The Bertz CT molecular complexity index is 590. The molecule has 0 saturated heterocycles. The molecule has 2 N–H and O–H groups in total. The standard InChI is InChI=1S/C11H9Cl2N3O/c12-7-4-15-11(17)16(5-7)6-8-9(13)2-1-3-10(8)14/h1-5H,6,14H2. The van der Waals surface area contributed by atoms with Gasteiger partial charge >= 0.3 is 5.69 Å². The van der Waals surface area contributed by atoms with E-state index >= 15 is 0 Å². The van der Waals surface area contributed by atoms with Gasteiger partial charge in [-0.3, -0.25) is 4.57 Å². The first-order chi connectivity index (χ1) is 8.08. The first-order valence-electron chi connectivity index (χ1n) is 4.83. The summed E-state index contributed by atoms with van der Waals surface area (Å²) >= 11 is 11.8. The van der Waals surface area contributed by atoms with Gasteiger partial charge in [-0.1, -0.05) is 29.3 Å². The third kappa shape index (κ3) is 2.60. The largest absolute Gasteiger partial charge is 0.398 e. The van der Waals surface area contributed by atoms with E-state index in [1.165, 1.54) is 17.0 Å². The van der Waals surface area contributed by atoms with Crippen molar-refractivity contribution >= 4 is 28.9 Å². The van der Waals surface area contributed by atoms with Crippen LogP contribution in [0.25, 0.3) is 0 Å². The van der Waals surface area contributed by atoms with E-state index in [2.05, 4.69) is 4.98 Å². The van der Waals surface area contributed by atoms with Gasteiger partial charge in [0.1, 0.15) is 0 Å². The van der Waals surface area contributed by atoms with E-state index in [-0.39, 0.29) is 6.54 Å². The summed E-state index contributed by atoms with van der Waals surface area (Å²) in [6, 6.07) is 5.20. The fourth-order valence-corrected chi connectivity index (χ4v) is 1.86. The second kappa shape index (κ2) is 4.77. The summed E-state index contributed by atoms with van der Waals surface area (Å²) in [5.41, 5.74) is 6.62. The van der Waals surface area contributed by atoms with Crippen LogP contribution < -0.4 is 11.4 Å². The van der Waals surface area contributed by atoms with Crippen LogP contribution in [0.3, 0.4) is 0 Å². The minimum Gasteiger partial charge on any atom is -0.398 e. The number of aromatic nitrogens is 2. The second-order valence-corrected chi connectivity index (χ2v) is 4.33. The highest BCUT2D eigenvalue weighted by molar-refractivity contribution is 6.31. The van der Waals surface area contributed by atoms with Gasteiger partial charge in [0.15, 0.2) is 0 Å². The molecule has 0 aliphatic heterocycles. The van der Waals surface area contributed by atoms with Crippen LogP contribution in [0.1, 0.15) is 5.56 Å². The predicted octanol–water partition coefficient (Wildman–Crippen LogP) is 2.18. The number of benzene rings is 1. The summed E-state index contributed by atoms with van der Waals surface area (Å²) in [4.78, 5) is 15.1. The first kappa shape index (κ1) is 12.0. The number of nitrogens with two attached hydrogens (primary N) is 1. The van der Waals surface area contributed by atoms with Crippen molar-refractivity contribution in [1.29, 1.82) is 0 Å². The van der Waals surface area contributed by atoms with E-state index in [1.54, 1.807) is 18.2 Å². The van der Waals surface area contributed by atoms with Crippen molar-refractivity contribution in [3.05, 3.63) is 56.7 Å². The summed E-state index contributed by atoms with van der Waals surface area (Å²) in [7, 11) is 0. The molecule has 0 radical (unpaired) electrons. The molecule has 0 aliphatic rings. The van der Waals surface area contributed by atoms with Crippen molar-refractivity contribution < 1.29 is 0 Å². The van der Waals surface area contributed by atoms with Crippen molar-refractivity contribution in [2.24, 2.45) is 0 Å². The SMILES string of the molecule is Nc1cccc(Cl)c1Cn1cc(Cl)cnc1=O. The molecule has 1 aromatic carbocycles. The summed E-state index contributed by atoms with van der Waals surface area (Å²) in [6.07, 6.45) is 2.80. The van der Waals surface area contributed by atoms with Crippen LogP contribution in [0, 0.1) is 0 Å². The van der Waals surface area contributed by atoms with E-state index in [0.717, 1.165) is 0 Å². The fraction of sp³-hybridized carbons (Fsp3) is 0.0909. The van der Waals surface area contributed by atoms with Gasteiger partial charge in [-0.2, -0.15) is 0 Å². The van der Waals surface area contributed by atoms with Crippen LogP contribution in [-0.4, -0.2) is 9.55 Å². The van der Waals surface area contributed by atoms with Gasteiger partial charge in [-0.15, -0.1) is 0 Å². The van der Waals surface area contributed by atoms with Gasteiger partial charge in [-0.25, -0.2) is 9.78 Å². The molecule has 6 heteroatoms. The number of halogens is 2. The van der Waals surface area contributed by atoms with Gasteiger partial charge in [0.2, 0.25) is 0 Å². The molecule has 1 aromatic heterocycles. The van der Waals surface area contributed by atoms with E-state index in [0.29, 0.717) is 21.3 Å². The van der Waals surface area contributed by atoms with E-state index in [4.69, 9.17) is 28.9 Å². The smallest absolute Gasteiger partial charge is 0.347 e. The topological polar surface area (TPSA) is 60.9 Å². The number of hydrogen-bond donors (Lipinski definition) is 1. The number of anilines is 1. The summed E-state index contributed by atoms with van der Waals surface area (Å²) in [6.45, 7) is 0.248. The van der Waals surface area contributed by atoms with Crippen molar-refractivity contribution in [2.45, 2.75) is 6.54 Å². The summed E-state index contributed by atoms with van der Waals surface area (Å²) in [5, 5.41) is 0.895. The van der Waals surface area contributed by atoms with Crippen LogP contribution >= 0.6 is 23.2 Å². The Morgan fingerprint density at radius 3 is 2.82 bits per heavy atom. The molecule has 0 saturated carbocycles. The van der Waals surface area contributed by atoms with Gasteiger partial charge in [-0.05, 0) is 12.1 Å². The van der Waals surface area contributed by atoms with Gasteiger partial charge < -0.3 is 5.73 Å². The molecule has 0 aliphatic carbocycles. The molecule has 88 valence electrons. The zero-order chi connectivity index (χ0) is 12.4. The molecule has 17 heavy (non-hydrogen) atoms. The molecule has 0 amide bonds. The Balaban J connectivity index is 2.45. The van der Waals surface area contributed by atoms with Crippen molar-refractivity contribution in [2.75, 3.05) is 5.73 Å². The Morgan fingerprint density at radius 2 is 2.12 bits per heavy atom. The Hall–Kier alpha value is -1.52. The Labute approximate surface area is 108 Å². The van der Waals surface area contributed by atoms with Gasteiger partial charge in [0, 0.05) is 22.5 Å². The van der Waals surface area contributed by atoms with Gasteiger partial charge in [0.25, 0.3) is 0 Å². The molecule has 2 rings (SSSR count). The maximum atomic E-state index is 11.5. The lowest BCUT2D eigenvalue weighted by molar-refractivity contribution is 0.729. The third-order valence-corrected chi connectivity index (χ3v) is 2.86. The molecular formula is C11H9Cl2N3O. The number of nitrogen functional groups attached to an aromatic ring is 1. The summed E-state index contributed by atoms with van der Waals surface area (Å²) in [5.74, 6) is 0. The Morgan fingerprint density at radius 1 is 1.35 bits per heavy atom. The lowest BCUT2D eigenvalue weighted by Crippen LogP contribution is -2.22. The molecule has 1 heterocycles. The van der Waals surface area contributed by atoms with Crippen LogP contribution in [0.4, 0.5) is 5.69 Å². The highest BCUT2D eigenvalue weighted by Gasteiger charge is 2.07. The normalized spacial score (nSPS) is 10.5. The molecule has 0 unspecified atom stereocenters. The zero-order valence-electron chi connectivity index (χ0n) is 8.73. The molecule has 0 bridgehead atoms. The minimum atomic E-state index is -0.395. The summed E-state index contributed by atoms with van der Waals surface area (Å²) < 4.78 is 1.36. The van der Waals surface area contributed by atoms with Crippen LogP contribution in [-0.2, 0) is 6.54 Å². The maximum absolute atomic E-state index is 11.5.